The summed E-state index contributed by atoms with van der Waals surface area (Å²) in [7, 11) is 0. The number of nitrogens with zero attached hydrogens (tertiary/aromatic N) is 2. The zero-order valence-electron chi connectivity index (χ0n) is 15.5. The molecule has 1 heterocycles. The van der Waals surface area contributed by atoms with Crippen molar-refractivity contribution in [1.82, 2.24) is 4.98 Å². The van der Waals surface area contributed by atoms with Crippen LogP contribution in [-0.2, 0) is 0 Å². The van der Waals surface area contributed by atoms with E-state index in [1.165, 1.54) is 0 Å². The second kappa shape index (κ2) is 6.01. The van der Waals surface area contributed by atoms with Crippen molar-refractivity contribution in [3.05, 3.63) is 97.1 Å². The number of para-hydroxylation sites is 4. The predicted octanol–water partition coefficient (Wildman–Crippen LogP) is 5.04. The van der Waals surface area contributed by atoms with Crippen molar-refractivity contribution in [3.63, 3.8) is 0 Å². The molecule has 0 spiro atoms. The molecule has 0 amide bonds. The van der Waals surface area contributed by atoms with Crippen LogP contribution < -0.4 is 9.67 Å². The molecule has 0 fully saturated rings. The summed E-state index contributed by atoms with van der Waals surface area (Å²) in [5, 5.41) is 16.5. The minimum Gasteiger partial charge on any atom is -0.872 e. The average molecular weight is 372 g/mol. The minimum atomic E-state index is 0.0724. The summed E-state index contributed by atoms with van der Waals surface area (Å²) in [5.41, 5.74) is 4.89. The van der Waals surface area contributed by atoms with Crippen LogP contribution in [0, 0.1) is 0 Å². The molecule has 0 saturated heterocycles. The Morgan fingerprint density at radius 1 is 0.517 bits per heavy atom. The monoisotopic (exact) mass is 372 g/mol. The van der Waals surface area contributed by atoms with Crippen LogP contribution in [0.15, 0.2) is 97.1 Å². The third-order valence-corrected chi connectivity index (χ3v) is 5.56. The summed E-state index contributed by atoms with van der Waals surface area (Å²) in [6, 6.07) is 32.1. The summed E-state index contributed by atoms with van der Waals surface area (Å²) < 4.78 is 2.25. The molecule has 0 aliphatic rings. The molecule has 3 heteroatoms. The lowest BCUT2D eigenvalue weighted by Crippen LogP contribution is -2.34. The molecular formula is C26H16N2O. The van der Waals surface area contributed by atoms with Crippen LogP contribution in [0.25, 0.3) is 49.3 Å². The van der Waals surface area contributed by atoms with E-state index in [4.69, 9.17) is 4.98 Å². The molecule has 0 aliphatic heterocycles. The molecule has 6 rings (SSSR count). The van der Waals surface area contributed by atoms with Gasteiger partial charge in [-0.25, -0.2) is 4.98 Å². The third kappa shape index (κ3) is 2.25. The first kappa shape index (κ1) is 16.0. The maximum Gasteiger partial charge on any atom is 0.237 e. The van der Waals surface area contributed by atoms with Crippen molar-refractivity contribution in [2.45, 2.75) is 0 Å². The van der Waals surface area contributed by atoms with Gasteiger partial charge in [-0.3, -0.25) is 0 Å². The number of aromatic nitrogens is 2. The van der Waals surface area contributed by atoms with Crippen molar-refractivity contribution in [2.24, 2.45) is 0 Å². The van der Waals surface area contributed by atoms with Crippen molar-refractivity contribution in [3.8, 4) is 11.4 Å². The molecule has 136 valence electrons. The number of rotatable bonds is 1. The fourth-order valence-corrected chi connectivity index (χ4v) is 4.30. The Balaban J connectivity index is 1.96. The summed E-state index contributed by atoms with van der Waals surface area (Å²) in [4.78, 5) is 4.86. The predicted molar refractivity (Wildman–Crippen MR) is 115 cm³/mol. The first-order valence-electron chi connectivity index (χ1n) is 9.63. The van der Waals surface area contributed by atoms with Gasteiger partial charge in [0.1, 0.15) is 11.0 Å². The Hall–Kier alpha value is -3.98. The molecule has 0 radical (unpaired) electrons. The third-order valence-electron chi connectivity index (χ3n) is 5.56. The lowest BCUT2D eigenvalue weighted by Gasteiger charge is -2.17. The summed E-state index contributed by atoms with van der Waals surface area (Å²) in [6.07, 6.45) is 0. The van der Waals surface area contributed by atoms with Crippen LogP contribution in [0.1, 0.15) is 0 Å². The van der Waals surface area contributed by atoms with Gasteiger partial charge in [0.25, 0.3) is 0 Å². The van der Waals surface area contributed by atoms with Gasteiger partial charge in [-0.2, -0.15) is 0 Å². The van der Waals surface area contributed by atoms with Gasteiger partial charge in [0.2, 0.25) is 16.7 Å². The van der Waals surface area contributed by atoms with E-state index in [0.29, 0.717) is 0 Å². The highest BCUT2D eigenvalue weighted by Crippen LogP contribution is 2.36. The molecule has 0 saturated carbocycles. The van der Waals surface area contributed by atoms with Gasteiger partial charge in [0.15, 0.2) is 0 Å². The fraction of sp³-hybridized carbons (Fsp3) is 0. The van der Waals surface area contributed by atoms with Crippen LogP contribution in [0.5, 0.6) is 5.75 Å². The van der Waals surface area contributed by atoms with Crippen LogP contribution >= 0.6 is 0 Å². The van der Waals surface area contributed by atoms with Crippen molar-refractivity contribution < 1.29 is 9.67 Å². The standard InChI is InChI=1S/C26H16N2O/c29-26-19-11-3-1-9-17(19)25(18-10-2-4-12-20(18)26)28-23-15-7-5-13-21(23)27-22-14-6-8-16-24(22)28/h1-16H. The minimum absolute atomic E-state index is 0.0724. The average Bonchev–Trinajstić information content (AvgIpc) is 2.79. The van der Waals surface area contributed by atoms with E-state index in [0.717, 1.165) is 49.3 Å². The van der Waals surface area contributed by atoms with Crippen LogP contribution in [0.2, 0.25) is 0 Å². The molecule has 1 aromatic heterocycles. The van der Waals surface area contributed by atoms with E-state index in [1.54, 1.807) is 0 Å². The van der Waals surface area contributed by atoms with Crippen LogP contribution in [0.4, 0.5) is 0 Å². The van der Waals surface area contributed by atoms with Crippen molar-refractivity contribution >= 4 is 43.6 Å². The lowest BCUT2D eigenvalue weighted by molar-refractivity contribution is -0.534. The maximum absolute atomic E-state index is 13.2. The Labute approximate surface area is 167 Å². The highest BCUT2D eigenvalue weighted by Gasteiger charge is 2.24. The van der Waals surface area contributed by atoms with Gasteiger partial charge >= 0.3 is 0 Å². The van der Waals surface area contributed by atoms with Gasteiger partial charge in [-0.05, 0) is 35.0 Å². The van der Waals surface area contributed by atoms with Gasteiger partial charge in [0, 0.05) is 12.1 Å². The number of fused-ring (bicyclic) bond motifs is 4. The van der Waals surface area contributed by atoms with Gasteiger partial charge < -0.3 is 5.11 Å². The molecule has 5 aromatic carbocycles. The SMILES string of the molecule is [O-]c1c2ccccc2c(-[n+]2c3ccccc3nc3ccccc32)c2ccccc12. The largest absolute Gasteiger partial charge is 0.872 e. The quantitative estimate of drug-likeness (QED) is 0.299. The zero-order valence-corrected chi connectivity index (χ0v) is 15.5. The van der Waals surface area contributed by atoms with Gasteiger partial charge in [-0.15, -0.1) is 4.57 Å². The second-order valence-electron chi connectivity index (χ2n) is 7.19. The Morgan fingerprint density at radius 3 is 1.45 bits per heavy atom. The van der Waals surface area contributed by atoms with E-state index in [-0.39, 0.29) is 5.75 Å². The Bertz CT molecular complexity index is 1460. The topological polar surface area (TPSA) is 39.8 Å². The molecule has 3 nitrogen and oxygen atoms in total. The van der Waals surface area contributed by atoms with Crippen molar-refractivity contribution in [2.75, 3.05) is 0 Å². The number of hydrogen-bond acceptors (Lipinski definition) is 2. The highest BCUT2D eigenvalue weighted by molar-refractivity contribution is 6.11. The van der Waals surface area contributed by atoms with E-state index < -0.39 is 0 Å². The van der Waals surface area contributed by atoms with Gasteiger partial charge in [0.05, 0.1) is 10.8 Å². The Morgan fingerprint density at radius 2 is 0.931 bits per heavy atom. The molecule has 0 atom stereocenters. The molecule has 0 aliphatic carbocycles. The normalized spacial score (nSPS) is 11.6. The highest BCUT2D eigenvalue weighted by atomic mass is 16.3. The van der Waals surface area contributed by atoms with Gasteiger partial charge in [-0.1, -0.05) is 66.4 Å². The molecule has 0 bridgehead atoms. The zero-order chi connectivity index (χ0) is 19.4. The number of hydrogen-bond donors (Lipinski definition) is 0. The van der Waals surface area contributed by atoms with Crippen LogP contribution in [-0.4, -0.2) is 4.98 Å². The van der Waals surface area contributed by atoms with E-state index >= 15 is 0 Å². The second-order valence-corrected chi connectivity index (χ2v) is 7.19. The number of benzene rings is 5. The lowest BCUT2D eigenvalue weighted by atomic mass is 9.98. The van der Waals surface area contributed by atoms with Crippen molar-refractivity contribution in [1.29, 1.82) is 0 Å². The molecule has 0 unspecified atom stereocenters. The molecular weight excluding hydrogens is 356 g/mol. The molecule has 6 aromatic rings. The Kier molecular flexibility index (Phi) is 3.32. The van der Waals surface area contributed by atoms with E-state index in [9.17, 15) is 5.11 Å². The smallest absolute Gasteiger partial charge is 0.237 e. The summed E-state index contributed by atoms with van der Waals surface area (Å²) in [5.74, 6) is 0.0724. The van der Waals surface area contributed by atoms with Crippen LogP contribution in [0.3, 0.4) is 0 Å². The fourth-order valence-electron chi connectivity index (χ4n) is 4.30. The molecule has 29 heavy (non-hydrogen) atoms. The maximum atomic E-state index is 13.2. The van der Waals surface area contributed by atoms with E-state index in [1.807, 2.05) is 84.9 Å². The van der Waals surface area contributed by atoms with E-state index in [2.05, 4.69) is 16.7 Å². The molecule has 0 N–H and O–H groups in total. The summed E-state index contributed by atoms with van der Waals surface area (Å²) in [6.45, 7) is 0. The first-order chi connectivity index (χ1) is 14.3. The summed E-state index contributed by atoms with van der Waals surface area (Å²) >= 11 is 0. The first-order valence-corrected chi connectivity index (χ1v) is 9.63.